The van der Waals surface area contributed by atoms with Gasteiger partial charge in [0.15, 0.2) is 5.79 Å². The van der Waals surface area contributed by atoms with Gasteiger partial charge in [-0.1, -0.05) is 58.7 Å². The van der Waals surface area contributed by atoms with Crippen LogP contribution in [-0.2, 0) is 26.6 Å². The lowest BCUT2D eigenvalue weighted by molar-refractivity contribution is -0.167. The number of nitrogens with zero attached hydrogens (tertiary/aromatic N) is 3. The van der Waals surface area contributed by atoms with E-state index >= 15 is 0 Å². The minimum absolute atomic E-state index is 0.251. The second kappa shape index (κ2) is 9.18. The van der Waals surface area contributed by atoms with Crippen molar-refractivity contribution in [2.45, 2.75) is 25.4 Å². The van der Waals surface area contributed by atoms with Crippen LogP contribution in [-0.4, -0.2) is 34.6 Å². The zero-order valence-corrected chi connectivity index (χ0v) is 17.9. The molecule has 30 heavy (non-hydrogen) atoms. The Labute approximate surface area is 185 Å². The lowest BCUT2D eigenvalue weighted by atomic mass is 10.1. The lowest BCUT2D eigenvalue weighted by Crippen LogP contribution is -2.25. The Morgan fingerprint density at radius 2 is 2.03 bits per heavy atom. The molecule has 4 rings (SSSR count). The summed E-state index contributed by atoms with van der Waals surface area (Å²) in [5, 5.41) is 5.63. The first-order chi connectivity index (χ1) is 14.5. The molecule has 0 bridgehead atoms. The minimum Gasteiger partial charge on any atom is -0.393 e. The number of aromatic nitrogens is 2. The summed E-state index contributed by atoms with van der Waals surface area (Å²) in [5.74, 6) is -0.911. The highest BCUT2D eigenvalue weighted by molar-refractivity contribution is 6.31. The average Bonchev–Trinajstić information content (AvgIpc) is 3.38. The first kappa shape index (κ1) is 20.9. The molecule has 2 atom stereocenters. The summed E-state index contributed by atoms with van der Waals surface area (Å²) in [5.41, 5.74) is 2.45. The largest absolute Gasteiger partial charge is 0.393 e. The van der Waals surface area contributed by atoms with Crippen molar-refractivity contribution in [1.82, 2.24) is 9.55 Å². The first-order valence-corrected chi connectivity index (χ1v) is 10.3. The van der Waals surface area contributed by atoms with E-state index in [0.29, 0.717) is 23.2 Å². The molecular formula is C22H21Cl2N3O3. The van der Waals surface area contributed by atoms with Crippen LogP contribution in [0.25, 0.3) is 0 Å². The lowest BCUT2D eigenvalue weighted by Gasteiger charge is -2.24. The summed E-state index contributed by atoms with van der Waals surface area (Å²) in [6.45, 7) is 3.01. The van der Waals surface area contributed by atoms with E-state index in [1.807, 2.05) is 66.2 Å². The van der Waals surface area contributed by atoms with Crippen LogP contribution in [0.4, 0.5) is 0 Å². The van der Waals surface area contributed by atoms with E-state index in [1.54, 1.807) is 12.5 Å². The highest BCUT2D eigenvalue weighted by Gasteiger charge is 2.40. The van der Waals surface area contributed by atoms with E-state index in [-0.39, 0.29) is 12.7 Å². The topological polar surface area (TPSA) is 57.9 Å². The van der Waals surface area contributed by atoms with Gasteiger partial charge in [0.25, 0.3) is 0 Å². The molecule has 0 N–H and O–H groups in total. The van der Waals surface area contributed by atoms with Crippen molar-refractivity contribution in [2.75, 3.05) is 13.2 Å². The molecule has 2 unspecified atom stereocenters. The zero-order chi connectivity index (χ0) is 21.0. The quantitative estimate of drug-likeness (QED) is 0.383. The van der Waals surface area contributed by atoms with E-state index < -0.39 is 5.79 Å². The Balaban J connectivity index is 1.43. The zero-order valence-electron chi connectivity index (χ0n) is 16.4. The number of oxime groups is 1. The van der Waals surface area contributed by atoms with Gasteiger partial charge in [0.05, 0.1) is 19.5 Å². The van der Waals surface area contributed by atoms with Crippen LogP contribution < -0.4 is 0 Å². The Kier molecular flexibility index (Phi) is 6.39. The van der Waals surface area contributed by atoms with Crippen LogP contribution in [0.1, 0.15) is 18.1 Å². The number of halogens is 2. The highest BCUT2D eigenvalue weighted by atomic mass is 35.5. The normalized spacial score (nSPS) is 21.7. The molecule has 0 radical (unpaired) electrons. The van der Waals surface area contributed by atoms with Gasteiger partial charge < -0.3 is 18.9 Å². The molecule has 1 fully saturated rings. The van der Waals surface area contributed by atoms with Crippen molar-refractivity contribution < 1.29 is 14.3 Å². The summed E-state index contributed by atoms with van der Waals surface area (Å²) in [6.07, 6.45) is 5.05. The van der Waals surface area contributed by atoms with Gasteiger partial charge >= 0.3 is 0 Å². The van der Waals surface area contributed by atoms with Crippen LogP contribution in [0.2, 0.25) is 10.0 Å². The van der Waals surface area contributed by atoms with Gasteiger partial charge in [-0.15, -0.1) is 0 Å². The van der Waals surface area contributed by atoms with Crippen molar-refractivity contribution in [3.8, 4) is 0 Å². The van der Waals surface area contributed by atoms with Crippen molar-refractivity contribution in [1.29, 1.82) is 0 Å². The molecule has 8 heteroatoms. The molecular weight excluding hydrogens is 425 g/mol. The van der Waals surface area contributed by atoms with E-state index in [9.17, 15) is 0 Å². The molecule has 2 aromatic carbocycles. The van der Waals surface area contributed by atoms with Gasteiger partial charge in [0.2, 0.25) is 0 Å². The minimum atomic E-state index is -0.911. The fourth-order valence-corrected chi connectivity index (χ4v) is 3.69. The number of imidazole rings is 1. The number of hydrogen-bond acceptors (Lipinski definition) is 5. The first-order valence-electron chi connectivity index (χ1n) is 9.51. The van der Waals surface area contributed by atoms with E-state index in [4.69, 9.17) is 37.5 Å². The Morgan fingerprint density at radius 3 is 2.77 bits per heavy atom. The van der Waals surface area contributed by atoms with Crippen molar-refractivity contribution in [3.05, 3.63) is 88.4 Å². The van der Waals surface area contributed by atoms with Crippen LogP contribution in [0.15, 0.2) is 72.4 Å². The van der Waals surface area contributed by atoms with E-state index in [0.717, 1.165) is 16.8 Å². The Hall–Kier alpha value is -2.38. The van der Waals surface area contributed by atoms with Crippen LogP contribution >= 0.6 is 23.2 Å². The molecule has 1 aliphatic heterocycles. The summed E-state index contributed by atoms with van der Waals surface area (Å²) in [4.78, 5) is 9.73. The van der Waals surface area contributed by atoms with Gasteiger partial charge in [0, 0.05) is 33.6 Å². The molecule has 1 saturated heterocycles. The molecule has 0 amide bonds. The van der Waals surface area contributed by atoms with Crippen LogP contribution in [0.5, 0.6) is 0 Å². The fraction of sp³-hybridized carbons (Fsp3) is 0.273. The Bertz CT molecular complexity index is 1010. The molecule has 1 aliphatic rings. The Morgan fingerprint density at radius 1 is 1.23 bits per heavy atom. The van der Waals surface area contributed by atoms with E-state index in [2.05, 4.69) is 10.1 Å². The predicted octanol–water partition coefficient (Wildman–Crippen LogP) is 4.90. The van der Waals surface area contributed by atoms with Gasteiger partial charge in [-0.2, -0.15) is 0 Å². The van der Waals surface area contributed by atoms with Gasteiger partial charge in [-0.05, 0) is 25.1 Å². The molecule has 2 heterocycles. The van der Waals surface area contributed by atoms with Crippen molar-refractivity contribution in [2.24, 2.45) is 5.16 Å². The summed E-state index contributed by atoms with van der Waals surface area (Å²) in [7, 11) is 0. The van der Waals surface area contributed by atoms with Crippen LogP contribution in [0.3, 0.4) is 0 Å². The predicted molar refractivity (Wildman–Crippen MR) is 116 cm³/mol. The van der Waals surface area contributed by atoms with Gasteiger partial charge in [-0.3, -0.25) is 0 Å². The third-order valence-corrected chi connectivity index (χ3v) is 5.39. The van der Waals surface area contributed by atoms with Crippen molar-refractivity contribution >= 4 is 28.9 Å². The van der Waals surface area contributed by atoms with Crippen LogP contribution in [0, 0.1) is 0 Å². The van der Waals surface area contributed by atoms with Crippen molar-refractivity contribution in [3.63, 3.8) is 0 Å². The van der Waals surface area contributed by atoms with E-state index in [1.165, 1.54) is 0 Å². The molecule has 0 aliphatic carbocycles. The third-order valence-electron chi connectivity index (χ3n) is 4.80. The smallest absolute Gasteiger partial charge is 0.194 e. The molecule has 3 aromatic rings. The molecule has 156 valence electrons. The second-order valence-electron chi connectivity index (χ2n) is 7.05. The second-order valence-corrected chi connectivity index (χ2v) is 7.90. The fourth-order valence-electron chi connectivity index (χ4n) is 3.26. The summed E-state index contributed by atoms with van der Waals surface area (Å²) >= 11 is 12.3. The average molecular weight is 446 g/mol. The maximum absolute atomic E-state index is 6.30. The summed E-state index contributed by atoms with van der Waals surface area (Å²) < 4.78 is 13.9. The van der Waals surface area contributed by atoms with Gasteiger partial charge in [0.1, 0.15) is 18.4 Å². The number of rotatable bonds is 7. The molecule has 1 aromatic heterocycles. The molecule has 6 nitrogen and oxygen atoms in total. The standard InChI is InChI=1S/C22H21Cl2N3O3/c1-22(19-4-2-3-5-20(19)24)28-13-18(30-22)14-29-26-21(12-27-11-10-25-15-27)16-6-8-17(23)9-7-16/h2-11,15,18H,12-14H2,1H3/b26-21+. The molecule has 0 saturated carbocycles. The highest BCUT2D eigenvalue weighted by Crippen LogP contribution is 2.37. The number of benzene rings is 2. The summed E-state index contributed by atoms with van der Waals surface area (Å²) in [6, 6.07) is 15.0. The monoisotopic (exact) mass is 445 g/mol. The van der Waals surface area contributed by atoms with Gasteiger partial charge in [-0.25, -0.2) is 4.98 Å². The number of ether oxygens (including phenoxy) is 2. The maximum Gasteiger partial charge on any atom is 0.194 e. The maximum atomic E-state index is 6.30. The third kappa shape index (κ3) is 4.84. The molecule has 0 spiro atoms. The SMILES string of the molecule is CC1(c2ccccc2Cl)OCC(CO/N=C(\Cn2ccnc2)c2ccc(Cl)cc2)O1. The number of hydrogen-bond donors (Lipinski definition) is 0.